The van der Waals surface area contributed by atoms with Gasteiger partial charge in [0.25, 0.3) is 5.91 Å². The van der Waals surface area contributed by atoms with Crippen LogP contribution in [-0.4, -0.2) is 37.2 Å². The van der Waals surface area contributed by atoms with Crippen LogP contribution < -0.4 is 19.5 Å². The van der Waals surface area contributed by atoms with Gasteiger partial charge in [0.2, 0.25) is 5.75 Å². The van der Waals surface area contributed by atoms with Gasteiger partial charge in [-0.05, 0) is 44.2 Å². The molecule has 0 radical (unpaired) electrons. The normalized spacial score (nSPS) is 10.6. The van der Waals surface area contributed by atoms with Crippen molar-refractivity contribution in [2.75, 3.05) is 26.6 Å². The van der Waals surface area contributed by atoms with Crippen LogP contribution in [0.2, 0.25) is 0 Å². The van der Waals surface area contributed by atoms with Crippen molar-refractivity contribution >= 4 is 22.6 Å². The Hall–Kier alpha value is -3.35. The molecule has 0 saturated heterocycles. The van der Waals surface area contributed by atoms with Crippen molar-refractivity contribution in [1.29, 1.82) is 0 Å². The smallest absolute Gasteiger partial charge is 0.255 e. The maximum atomic E-state index is 12.7. The number of benzene rings is 2. The van der Waals surface area contributed by atoms with E-state index in [2.05, 4.69) is 15.3 Å². The molecule has 7 heteroatoms. The van der Waals surface area contributed by atoms with Gasteiger partial charge in [-0.3, -0.25) is 4.79 Å². The lowest BCUT2D eigenvalue weighted by Crippen LogP contribution is -2.12. The fourth-order valence-electron chi connectivity index (χ4n) is 2.72. The molecule has 0 atom stereocenters. The molecule has 0 spiro atoms. The number of methoxy groups -OCH3 is 3. The standard InChI is InChI=1S/C20H21N3O4/c1-11-12(2)22-16-10-14(6-7-15(16)21-11)23-20(24)13-8-17(25-3)19(27-5)18(9-13)26-4/h6-10H,1-5H3,(H,23,24). The number of aromatic nitrogens is 2. The first-order chi connectivity index (χ1) is 13.0. The molecule has 3 rings (SSSR count). The number of carbonyl (C=O) groups excluding carboxylic acids is 1. The van der Waals surface area contributed by atoms with Crippen molar-refractivity contribution in [3.05, 3.63) is 47.3 Å². The van der Waals surface area contributed by atoms with E-state index in [9.17, 15) is 4.79 Å². The number of nitrogens with zero attached hydrogens (tertiary/aromatic N) is 2. The van der Waals surface area contributed by atoms with Crippen LogP contribution in [0.5, 0.6) is 17.2 Å². The summed E-state index contributed by atoms with van der Waals surface area (Å²) >= 11 is 0. The molecule has 0 fully saturated rings. The third-order valence-corrected chi connectivity index (χ3v) is 4.26. The number of fused-ring (bicyclic) bond motifs is 1. The molecule has 1 heterocycles. The summed E-state index contributed by atoms with van der Waals surface area (Å²) in [5.41, 5.74) is 4.26. The largest absolute Gasteiger partial charge is 0.493 e. The van der Waals surface area contributed by atoms with Gasteiger partial charge in [-0.2, -0.15) is 0 Å². The summed E-state index contributed by atoms with van der Waals surface area (Å²) in [6.45, 7) is 3.82. The topological polar surface area (TPSA) is 82.6 Å². The second-order valence-corrected chi connectivity index (χ2v) is 5.97. The molecule has 1 amide bonds. The Kier molecular flexibility index (Phi) is 5.12. The minimum Gasteiger partial charge on any atom is -0.493 e. The van der Waals surface area contributed by atoms with Gasteiger partial charge in [0.05, 0.1) is 43.8 Å². The van der Waals surface area contributed by atoms with Gasteiger partial charge in [-0.15, -0.1) is 0 Å². The van der Waals surface area contributed by atoms with Crippen LogP contribution in [0.3, 0.4) is 0 Å². The lowest BCUT2D eigenvalue weighted by molar-refractivity contribution is 0.102. The number of carbonyl (C=O) groups is 1. The van der Waals surface area contributed by atoms with Gasteiger partial charge in [0.15, 0.2) is 11.5 Å². The summed E-state index contributed by atoms with van der Waals surface area (Å²) in [5.74, 6) is 0.962. The molecule has 1 N–H and O–H groups in total. The molecule has 1 aromatic heterocycles. The van der Waals surface area contributed by atoms with Crippen LogP contribution in [0.1, 0.15) is 21.7 Å². The molecule has 0 aliphatic heterocycles. The van der Waals surface area contributed by atoms with Gasteiger partial charge in [-0.25, -0.2) is 9.97 Å². The molecule has 0 aliphatic carbocycles. The maximum absolute atomic E-state index is 12.7. The first-order valence-corrected chi connectivity index (χ1v) is 8.33. The molecule has 140 valence electrons. The fourth-order valence-corrected chi connectivity index (χ4v) is 2.72. The van der Waals surface area contributed by atoms with E-state index in [0.717, 1.165) is 22.4 Å². The Morgan fingerprint density at radius 2 is 1.44 bits per heavy atom. The average molecular weight is 367 g/mol. The van der Waals surface area contributed by atoms with Gasteiger partial charge >= 0.3 is 0 Å². The number of anilines is 1. The second-order valence-electron chi connectivity index (χ2n) is 5.97. The Labute approximate surface area is 157 Å². The van der Waals surface area contributed by atoms with Crippen LogP contribution in [0.4, 0.5) is 5.69 Å². The zero-order valence-corrected chi connectivity index (χ0v) is 15.9. The van der Waals surface area contributed by atoms with Crippen LogP contribution in [0.25, 0.3) is 11.0 Å². The summed E-state index contributed by atoms with van der Waals surface area (Å²) in [6, 6.07) is 8.63. The van der Waals surface area contributed by atoms with Crippen molar-refractivity contribution in [3.63, 3.8) is 0 Å². The van der Waals surface area contributed by atoms with Crippen molar-refractivity contribution < 1.29 is 19.0 Å². The van der Waals surface area contributed by atoms with Gasteiger partial charge in [0.1, 0.15) is 0 Å². The van der Waals surface area contributed by atoms with E-state index < -0.39 is 0 Å². The third-order valence-electron chi connectivity index (χ3n) is 4.26. The van der Waals surface area contributed by atoms with E-state index in [1.807, 2.05) is 19.9 Å². The summed E-state index contributed by atoms with van der Waals surface area (Å²) in [6.07, 6.45) is 0. The lowest BCUT2D eigenvalue weighted by atomic mass is 10.1. The quantitative estimate of drug-likeness (QED) is 0.743. The Bertz CT molecular complexity index is 993. The zero-order chi connectivity index (χ0) is 19.6. The van der Waals surface area contributed by atoms with E-state index in [-0.39, 0.29) is 5.91 Å². The number of ether oxygens (including phenoxy) is 3. The van der Waals surface area contributed by atoms with Gasteiger partial charge in [-0.1, -0.05) is 0 Å². The summed E-state index contributed by atoms with van der Waals surface area (Å²) in [7, 11) is 4.52. The molecule has 7 nitrogen and oxygen atoms in total. The van der Waals surface area contributed by atoms with Crippen molar-refractivity contribution in [1.82, 2.24) is 9.97 Å². The van der Waals surface area contributed by atoms with Crippen molar-refractivity contribution in [2.45, 2.75) is 13.8 Å². The van der Waals surface area contributed by atoms with Crippen molar-refractivity contribution in [3.8, 4) is 17.2 Å². The molecule has 0 aliphatic rings. The highest BCUT2D eigenvalue weighted by Crippen LogP contribution is 2.38. The van der Waals surface area contributed by atoms with E-state index in [4.69, 9.17) is 14.2 Å². The van der Waals surface area contributed by atoms with Crippen LogP contribution in [0.15, 0.2) is 30.3 Å². The van der Waals surface area contributed by atoms with E-state index in [1.165, 1.54) is 21.3 Å². The minimum atomic E-state index is -0.301. The third kappa shape index (κ3) is 3.62. The first-order valence-electron chi connectivity index (χ1n) is 8.33. The molecule has 3 aromatic rings. The number of amides is 1. The summed E-state index contributed by atoms with van der Waals surface area (Å²) < 4.78 is 15.9. The second kappa shape index (κ2) is 7.49. The van der Waals surface area contributed by atoms with Crippen LogP contribution in [0, 0.1) is 13.8 Å². The summed E-state index contributed by atoms with van der Waals surface area (Å²) in [5, 5.41) is 2.87. The lowest BCUT2D eigenvalue weighted by Gasteiger charge is -2.14. The molecule has 27 heavy (non-hydrogen) atoms. The minimum absolute atomic E-state index is 0.301. The molecule has 0 unspecified atom stereocenters. The van der Waals surface area contributed by atoms with E-state index in [0.29, 0.717) is 28.5 Å². The Balaban J connectivity index is 1.93. The predicted octanol–water partition coefficient (Wildman–Crippen LogP) is 3.52. The summed E-state index contributed by atoms with van der Waals surface area (Å²) in [4.78, 5) is 21.7. The average Bonchev–Trinajstić information content (AvgIpc) is 2.67. The number of rotatable bonds is 5. The molecule has 0 bridgehead atoms. The zero-order valence-electron chi connectivity index (χ0n) is 15.9. The SMILES string of the molecule is COc1cc(C(=O)Nc2ccc3nc(C)c(C)nc3c2)cc(OC)c1OC. The number of hydrogen-bond acceptors (Lipinski definition) is 6. The molecular weight excluding hydrogens is 346 g/mol. The number of nitrogens with one attached hydrogen (secondary N) is 1. The molecule has 0 saturated carbocycles. The van der Waals surface area contributed by atoms with E-state index in [1.54, 1.807) is 24.3 Å². The highest BCUT2D eigenvalue weighted by Gasteiger charge is 2.17. The van der Waals surface area contributed by atoms with Gasteiger partial charge in [0, 0.05) is 11.3 Å². The predicted molar refractivity (Wildman–Crippen MR) is 103 cm³/mol. The highest BCUT2D eigenvalue weighted by molar-refractivity contribution is 6.05. The van der Waals surface area contributed by atoms with Crippen LogP contribution >= 0.6 is 0 Å². The van der Waals surface area contributed by atoms with Crippen molar-refractivity contribution in [2.24, 2.45) is 0 Å². The number of aryl methyl sites for hydroxylation is 2. The van der Waals surface area contributed by atoms with Crippen LogP contribution in [-0.2, 0) is 0 Å². The van der Waals surface area contributed by atoms with Gasteiger partial charge < -0.3 is 19.5 Å². The monoisotopic (exact) mass is 367 g/mol. The number of hydrogen-bond donors (Lipinski definition) is 1. The fraction of sp³-hybridized carbons (Fsp3) is 0.250. The Morgan fingerprint density at radius 3 is 2.00 bits per heavy atom. The maximum Gasteiger partial charge on any atom is 0.255 e. The van der Waals surface area contributed by atoms with E-state index >= 15 is 0 Å². The molecule has 2 aromatic carbocycles. The first kappa shape index (κ1) is 18.4. The highest BCUT2D eigenvalue weighted by atomic mass is 16.5. The Morgan fingerprint density at radius 1 is 0.852 bits per heavy atom. The molecular formula is C20H21N3O4.